The number of hydrogen-bond acceptors (Lipinski definition) is 3. The molecule has 0 aliphatic carbocycles. The summed E-state index contributed by atoms with van der Waals surface area (Å²) in [5.41, 5.74) is 4.78. The van der Waals surface area contributed by atoms with Crippen LogP contribution in [-0.4, -0.2) is 5.04 Å². The Hall–Kier alpha value is -1.33. The molecule has 90 valence electrons. The largest absolute Gasteiger partial charge is 0.275 e. The standard InChI is InChI=1S/C13H8BrFN2S/c14-10-6-9(15)7-11-12(10)16-17-13(18-11)8-4-2-1-3-5-8/h1-7,16H. The number of fused-ring (bicyclic) bond motifs is 1. The van der Waals surface area contributed by atoms with Gasteiger partial charge in [-0.3, -0.25) is 5.43 Å². The second-order valence-corrected chi connectivity index (χ2v) is 5.64. The molecule has 18 heavy (non-hydrogen) atoms. The zero-order valence-electron chi connectivity index (χ0n) is 9.15. The van der Waals surface area contributed by atoms with Crippen molar-refractivity contribution in [1.82, 2.24) is 0 Å². The van der Waals surface area contributed by atoms with Crippen molar-refractivity contribution in [3.8, 4) is 0 Å². The second kappa shape index (κ2) is 4.74. The fraction of sp³-hybridized carbons (Fsp3) is 0. The van der Waals surface area contributed by atoms with Crippen LogP contribution in [0, 0.1) is 5.82 Å². The Morgan fingerprint density at radius 1 is 1.17 bits per heavy atom. The summed E-state index contributed by atoms with van der Waals surface area (Å²) in [6.45, 7) is 0. The quantitative estimate of drug-likeness (QED) is 0.837. The van der Waals surface area contributed by atoms with Gasteiger partial charge in [0, 0.05) is 14.9 Å². The molecule has 0 unspecified atom stereocenters. The Kier molecular flexibility index (Phi) is 3.09. The molecule has 0 atom stereocenters. The molecule has 5 heteroatoms. The molecule has 0 amide bonds. The minimum absolute atomic E-state index is 0.260. The van der Waals surface area contributed by atoms with E-state index in [-0.39, 0.29) is 5.82 Å². The second-order valence-electron chi connectivity index (χ2n) is 3.76. The molecule has 1 aliphatic heterocycles. The smallest absolute Gasteiger partial charge is 0.128 e. The van der Waals surface area contributed by atoms with Crippen LogP contribution in [0.25, 0.3) is 0 Å². The van der Waals surface area contributed by atoms with Gasteiger partial charge in [0.1, 0.15) is 10.9 Å². The lowest BCUT2D eigenvalue weighted by Gasteiger charge is -2.17. The SMILES string of the molecule is Fc1cc(Br)c2c(c1)SC(c1ccccc1)=NN2. The first-order valence-electron chi connectivity index (χ1n) is 5.30. The number of thioether (sulfide) groups is 1. The normalized spacial score (nSPS) is 13.6. The van der Waals surface area contributed by atoms with Crippen LogP contribution >= 0.6 is 27.7 Å². The Balaban J connectivity index is 2.00. The Labute approximate surface area is 116 Å². The van der Waals surface area contributed by atoms with E-state index in [1.807, 2.05) is 30.3 Å². The Bertz CT molecular complexity index is 628. The third-order valence-electron chi connectivity index (χ3n) is 2.52. The van der Waals surface area contributed by atoms with Crippen molar-refractivity contribution in [2.75, 3.05) is 5.43 Å². The topological polar surface area (TPSA) is 24.4 Å². The molecule has 0 saturated heterocycles. The fourth-order valence-electron chi connectivity index (χ4n) is 1.68. The molecular weight excluding hydrogens is 315 g/mol. The zero-order chi connectivity index (χ0) is 12.5. The average molecular weight is 323 g/mol. The van der Waals surface area contributed by atoms with Gasteiger partial charge in [0.05, 0.1) is 5.69 Å². The maximum absolute atomic E-state index is 13.4. The number of benzene rings is 2. The molecule has 0 spiro atoms. The highest BCUT2D eigenvalue weighted by atomic mass is 79.9. The van der Waals surface area contributed by atoms with Crippen molar-refractivity contribution in [1.29, 1.82) is 0 Å². The van der Waals surface area contributed by atoms with Crippen molar-refractivity contribution in [2.45, 2.75) is 4.90 Å². The van der Waals surface area contributed by atoms with E-state index < -0.39 is 0 Å². The van der Waals surface area contributed by atoms with Crippen LogP contribution in [0.5, 0.6) is 0 Å². The van der Waals surface area contributed by atoms with Crippen molar-refractivity contribution >= 4 is 38.4 Å². The molecule has 0 aromatic heterocycles. The van der Waals surface area contributed by atoms with Crippen LogP contribution in [-0.2, 0) is 0 Å². The van der Waals surface area contributed by atoms with E-state index in [2.05, 4.69) is 26.5 Å². The summed E-state index contributed by atoms with van der Waals surface area (Å²) in [5, 5.41) is 5.14. The van der Waals surface area contributed by atoms with Gasteiger partial charge in [-0.05, 0) is 28.1 Å². The van der Waals surface area contributed by atoms with Crippen molar-refractivity contribution < 1.29 is 4.39 Å². The summed E-state index contributed by atoms with van der Waals surface area (Å²) in [6.07, 6.45) is 0. The number of rotatable bonds is 1. The predicted molar refractivity (Wildman–Crippen MR) is 76.6 cm³/mol. The molecule has 0 radical (unpaired) electrons. The number of anilines is 1. The van der Waals surface area contributed by atoms with E-state index in [0.717, 1.165) is 21.2 Å². The van der Waals surface area contributed by atoms with Gasteiger partial charge in [0.15, 0.2) is 0 Å². The molecule has 2 aromatic carbocycles. The van der Waals surface area contributed by atoms with Crippen LogP contribution in [0.15, 0.2) is 56.9 Å². The number of nitrogens with one attached hydrogen (secondary N) is 1. The van der Waals surface area contributed by atoms with Crippen molar-refractivity contribution in [3.05, 3.63) is 58.3 Å². The van der Waals surface area contributed by atoms with Gasteiger partial charge in [-0.2, -0.15) is 5.10 Å². The van der Waals surface area contributed by atoms with Gasteiger partial charge < -0.3 is 0 Å². The minimum atomic E-state index is -0.260. The molecule has 2 aromatic rings. The first-order valence-corrected chi connectivity index (χ1v) is 6.91. The Morgan fingerprint density at radius 2 is 1.94 bits per heavy atom. The lowest BCUT2D eigenvalue weighted by atomic mass is 10.2. The number of hydrazone groups is 1. The summed E-state index contributed by atoms with van der Waals surface area (Å²) in [7, 11) is 0. The predicted octanol–water partition coefficient (Wildman–Crippen LogP) is 4.47. The summed E-state index contributed by atoms with van der Waals surface area (Å²) >= 11 is 4.78. The average Bonchev–Trinajstić information content (AvgIpc) is 2.39. The third-order valence-corrected chi connectivity index (χ3v) is 4.20. The first kappa shape index (κ1) is 11.7. The minimum Gasteiger partial charge on any atom is -0.275 e. The first-order chi connectivity index (χ1) is 8.74. The molecule has 3 rings (SSSR count). The highest BCUT2D eigenvalue weighted by Gasteiger charge is 2.18. The highest BCUT2D eigenvalue weighted by Crippen LogP contribution is 2.39. The van der Waals surface area contributed by atoms with Gasteiger partial charge in [0.25, 0.3) is 0 Å². The van der Waals surface area contributed by atoms with Crippen LogP contribution in [0.1, 0.15) is 5.56 Å². The van der Waals surface area contributed by atoms with Gasteiger partial charge in [-0.1, -0.05) is 42.1 Å². The van der Waals surface area contributed by atoms with Gasteiger partial charge in [-0.15, -0.1) is 0 Å². The summed E-state index contributed by atoms with van der Waals surface area (Å²) in [6, 6.07) is 12.8. The van der Waals surface area contributed by atoms with Crippen LogP contribution < -0.4 is 5.43 Å². The monoisotopic (exact) mass is 322 g/mol. The number of halogens is 2. The number of hydrogen-bond donors (Lipinski definition) is 1. The van der Waals surface area contributed by atoms with E-state index in [0.29, 0.717) is 4.47 Å². The lowest BCUT2D eigenvalue weighted by Crippen LogP contribution is -2.07. The molecule has 1 heterocycles. The van der Waals surface area contributed by atoms with E-state index >= 15 is 0 Å². The number of nitrogens with zero attached hydrogens (tertiary/aromatic N) is 1. The fourth-order valence-corrected chi connectivity index (χ4v) is 3.31. The zero-order valence-corrected chi connectivity index (χ0v) is 11.6. The van der Waals surface area contributed by atoms with E-state index in [4.69, 9.17) is 0 Å². The molecule has 1 aliphatic rings. The summed E-state index contributed by atoms with van der Waals surface area (Å²) < 4.78 is 14.1. The van der Waals surface area contributed by atoms with Crippen molar-refractivity contribution in [2.24, 2.45) is 5.10 Å². The summed E-state index contributed by atoms with van der Waals surface area (Å²) in [5.74, 6) is -0.260. The maximum Gasteiger partial charge on any atom is 0.128 e. The molecule has 2 nitrogen and oxygen atoms in total. The van der Waals surface area contributed by atoms with Crippen LogP contribution in [0.4, 0.5) is 10.1 Å². The molecular formula is C13H8BrFN2S. The highest BCUT2D eigenvalue weighted by molar-refractivity contribution is 9.10. The molecule has 1 N–H and O–H groups in total. The lowest BCUT2D eigenvalue weighted by molar-refractivity contribution is 0.623. The van der Waals surface area contributed by atoms with Gasteiger partial charge in [-0.25, -0.2) is 4.39 Å². The van der Waals surface area contributed by atoms with Crippen LogP contribution in [0.3, 0.4) is 0 Å². The third kappa shape index (κ3) is 2.15. The van der Waals surface area contributed by atoms with Crippen LogP contribution in [0.2, 0.25) is 0 Å². The summed E-state index contributed by atoms with van der Waals surface area (Å²) in [4.78, 5) is 0.829. The molecule has 0 fully saturated rings. The van der Waals surface area contributed by atoms with Crippen molar-refractivity contribution in [3.63, 3.8) is 0 Å². The maximum atomic E-state index is 13.4. The van der Waals surface area contributed by atoms with E-state index in [9.17, 15) is 4.39 Å². The van der Waals surface area contributed by atoms with Gasteiger partial charge in [0.2, 0.25) is 0 Å². The molecule has 0 bridgehead atoms. The molecule has 0 saturated carbocycles. The Morgan fingerprint density at radius 3 is 2.72 bits per heavy atom. The van der Waals surface area contributed by atoms with E-state index in [1.54, 1.807) is 0 Å². The van der Waals surface area contributed by atoms with Gasteiger partial charge >= 0.3 is 0 Å². The van der Waals surface area contributed by atoms with E-state index in [1.165, 1.54) is 23.9 Å².